The Labute approximate surface area is 290 Å². The average molecular weight is 638 g/mol. The van der Waals surface area contributed by atoms with Crippen LogP contribution in [0.15, 0.2) is 192 Å². The molecule has 50 heavy (non-hydrogen) atoms. The zero-order valence-corrected chi connectivity index (χ0v) is 27.3. The van der Waals surface area contributed by atoms with Crippen LogP contribution in [0.4, 0.5) is 17.1 Å². The fourth-order valence-electron chi connectivity index (χ4n) is 7.94. The van der Waals surface area contributed by atoms with Gasteiger partial charge in [0, 0.05) is 33.0 Å². The number of rotatable bonds is 5. The molecule has 234 valence electrons. The van der Waals surface area contributed by atoms with E-state index < -0.39 is 0 Å². The highest BCUT2D eigenvalue weighted by Crippen LogP contribution is 2.49. The van der Waals surface area contributed by atoms with E-state index in [0.717, 1.165) is 33.6 Å². The van der Waals surface area contributed by atoms with Crippen molar-refractivity contribution in [3.8, 4) is 22.3 Å². The van der Waals surface area contributed by atoms with Gasteiger partial charge >= 0.3 is 0 Å². The van der Waals surface area contributed by atoms with Crippen LogP contribution in [0, 0.1) is 0 Å². The second-order valence-electron chi connectivity index (χ2n) is 12.8. The molecule has 0 fully saturated rings. The Morgan fingerprint density at radius 1 is 0.300 bits per heavy atom. The smallest absolute Gasteiger partial charge is 0.136 e. The first-order valence-corrected chi connectivity index (χ1v) is 17.1. The molecule has 0 aliphatic rings. The maximum Gasteiger partial charge on any atom is 0.136 e. The van der Waals surface area contributed by atoms with Gasteiger partial charge in [0.05, 0.1) is 11.4 Å². The number of furan rings is 1. The number of hydrogen-bond donors (Lipinski definition) is 0. The summed E-state index contributed by atoms with van der Waals surface area (Å²) in [6.45, 7) is 0. The van der Waals surface area contributed by atoms with Crippen LogP contribution in [0.25, 0.3) is 76.5 Å². The molecule has 0 bridgehead atoms. The fourth-order valence-corrected chi connectivity index (χ4v) is 7.94. The van der Waals surface area contributed by atoms with Crippen LogP contribution in [0.2, 0.25) is 0 Å². The van der Waals surface area contributed by atoms with Gasteiger partial charge in [0.25, 0.3) is 0 Å². The minimum Gasteiger partial charge on any atom is -0.456 e. The van der Waals surface area contributed by atoms with E-state index in [9.17, 15) is 0 Å². The lowest BCUT2D eigenvalue weighted by molar-refractivity contribution is 0.669. The summed E-state index contributed by atoms with van der Waals surface area (Å²) in [5, 5.41) is 9.73. The lowest BCUT2D eigenvalue weighted by Gasteiger charge is -2.30. The Hall–Kier alpha value is -6.64. The van der Waals surface area contributed by atoms with Gasteiger partial charge in [0.15, 0.2) is 0 Å². The van der Waals surface area contributed by atoms with E-state index in [0.29, 0.717) is 0 Å². The van der Waals surface area contributed by atoms with Crippen molar-refractivity contribution in [2.75, 3.05) is 4.90 Å². The molecule has 0 atom stereocenters. The molecule has 0 radical (unpaired) electrons. The normalized spacial score (nSPS) is 11.6. The highest BCUT2D eigenvalue weighted by Gasteiger charge is 2.23. The van der Waals surface area contributed by atoms with Gasteiger partial charge < -0.3 is 9.32 Å². The van der Waals surface area contributed by atoms with Gasteiger partial charge in [-0.25, -0.2) is 0 Å². The van der Waals surface area contributed by atoms with Crippen LogP contribution in [0.5, 0.6) is 0 Å². The standard InChI is InChI=1S/C48H31NO/c1-3-16-32(17-4-1)34-20-9-12-27-42(34)49(33-18-5-2-6-19-33)43-28-13-10-21-35(43)36-25-15-26-38-40-30-31-45-48(41-24-11-14-29-44(41)50-45)47(40)39-23-8-7-22-37(39)46(36)38/h1-31H. The number of para-hydroxylation sites is 4. The number of nitrogens with zero attached hydrogens (tertiary/aromatic N) is 1. The van der Waals surface area contributed by atoms with E-state index in [1.165, 1.54) is 60.0 Å². The molecule has 0 amide bonds. The molecule has 1 heterocycles. The third kappa shape index (κ3) is 4.36. The van der Waals surface area contributed by atoms with Crippen molar-refractivity contribution in [2.24, 2.45) is 0 Å². The predicted octanol–water partition coefficient (Wildman–Crippen LogP) is 13.8. The summed E-state index contributed by atoms with van der Waals surface area (Å²) in [5.74, 6) is 0. The Morgan fingerprint density at radius 2 is 0.820 bits per heavy atom. The summed E-state index contributed by atoms with van der Waals surface area (Å²) in [5.41, 5.74) is 9.92. The molecule has 10 rings (SSSR count). The summed E-state index contributed by atoms with van der Waals surface area (Å²) in [6.07, 6.45) is 0. The second-order valence-corrected chi connectivity index (χ2v) is 12.8. The van der Waals surface area contributed by atoms with Gasteiger partial charge in [-0.1, -0.05) is 146 Å². The Kier molecular flexibility index (Phi) is 6.53. The molecule has 0 aliphatic carbocycles. The minimum absolute atomic E-state index is 0.915. The number of benzene rings is 9. The summed E-state index contributed by atoms with van der Waals surface area (Å²) >= 11 is 0. The quantitative estimate of drug-likeness (QED) is 0.175. The Bertz CT molecular complexity index is 2840. The van der Waals surface area contributed by atoms with Crippen molar-refractivity contribution in [1.29, 1.82) is 0 Å². The summed E-state index contributed by atoms with van der Waals surface area (Å²) in [7, 11) is 0. The highest BCUT2D eigenvalue weighted by molar-refractivity contribution is 6.36. The molecular formula is C48H31NO. The van der Waals surface area contributed by atoms with E-state index >= 15 is 0 Å². The fraction of sp³-hybridized carbons (Fsp3) is 0. The highest BCUT2D eigenvalue weighted by atomic mass is 16.3. The number of hydrogen-bond acceptors (Lipinski definition) is 2. The molecule has 1 aromatic heterocycles. The molecule has 0 aliphatic heterocycles. The second kappa shape index (κ2) is 11.5. The Morgan fingerprint density at radius 3 is 1.58 bits per heavy atom. The zero-order valence-electron chi connectivity index (χ0n) is 27.3. The monoisotopic (exact) mass is 637 g/mol. The third-order valence-electron chi connectivity index (χ3n) is 10.0. The van der Waals surface area contributed by atoms with Crippen molar-refractivity contribution in [2.45, 2.75) is 0 Å². The minimum atomic E-state index is 0.915. The third-order valence-corrected chi connectivity index (χ3v) is 10.0. The first kappa shape index (κ1) is 28.4. The van der Waals surface area contributed by atoms with Crippen molar-refractivity contribution in [3.05, 3.63) is 188 Å². The van der Waals surface area contributed by atoms with Crippen LogP contribution in [-0.2, 0) is 0 Å². The molecule has 2 nitrogen and oxygen atoms in total. The summed E-state index contributed by atoms with van der Waals surface area (Å²) in [4.78, 5) is 2.42. The maximum atomic E-state index is 6.38. The molecule has 0 saturated carbocycles. The molecule has 0 unspecified atom stereocenters. The van der Waals surface area contributed by atoms with Gasteiger partial charge in [-0.3, -0.25) is 0 Å². The summed E-state index contributed by atoms with van der Waals surface area (Å²) < 4.78 is 6.38. The van der Waals surface area contributed by atoms with Crippen molar-refractivity contribution < 1.29 is 4.42 Å². The lowest BCUT2D eigenvalue weighted by Crippen LogP contribution is -2.12. The van der Waals surface area contributed by atoms with Crippen molar-refractivity contribution in [3.63, 3.8) is 0 Å². The van der Waals surface area contributed by atoms with Gasteiger partial charge in [0.1, 0.15) is 11.2 Å². The Balaban J connectivity index is 1.30. The lowest BCUT2D eigenvalue weighted by atomic mass is 9.87. The van der Waals surface area contributed by atoms with Gasteiger partial charge in [-0.15, -0.1) is 0 Å². The predicted molar refractivity (Wildman–Crippen MR) is 212 cm³/mol. The van der Waals surface area contributed by atoms with Crippen LogP contribution in [0.1, 0.15) is 0 Å². The summed E-state index contributed by atoms with van der Waals surface area (Å²) in [6, 6.07) is 67.4. The van der Waals surface area contributed by atoms with E-state index in [1.54, 1.807) is 0 Å². The van der Waals surface area contributed by atoms with E-state index in [4.69, 9.17) is 4.42 Å². The molecule has 0 spiro atoms. The topological polar surface area (TPSA) is 16.4 Å². The molecule has 10 aromatic rings. The molecule has 9 aromatic carbocycles. The van der Waals surface area contributed by atoms with Crippen LogP contribution in [0.3, 0.4) is 0 Å². The average Bonchev–Trinajstić information content (AvgIpc) is 3.58. The SMILES string of the molecule is c1ccc(-c2ccccc2N(c2ccccc2)c2ccccc2-c2cccc3c4ccc5oc6ccccc6c5c4c4ccccc4c23)cc1. The first-order chi connectivity index (χ1) is 24.8. The van der Waals surface area contributed by atoms with Crippen LogP contribution < -0.4 is 4.90 Å². The largest absolute Gasteiger partial charge is 0.456 e. The van der Waals surface area contributed by atoms with E-state index in [-0.39, 0.29) is 0 Å². The first-order valence-electron chi connectivity index (χ1n) is 17.1. The molecule has 2 heteroatoms. The molecule has 0 saturated heterocycles. The van der Waals surface area contributed by atoms with Gasteiger partial charge in [-0.05, 0) is 80.5 Å². The van der Waals surface area contributed by atoms with Gasteiger partial charge in [0.2, 0.25) is 0 Å². The van der Waals surface area contributed by atoms with Crippen molar-refractivity contribution in [1.82, 2.24) is 0 Å². The van der Waals surface area contributed by atoms with Crippen LogP contribution >= 0.6 is 0 Å². The maximum absolute atomic E-state index is 6.38. The van der Waals surface area contributed by atoms with Crippen molar-refractivity contribution >= 4 is 71.3 Å². The van der Waals surface area contributed by atoms with Crippen LogP contribution in [-0.4, -0.2) is 0 Å². The van der Waals surface area contributed by atoms with E-state index in [2.05, 4.69) is 187 Å². The molecule has 0 N–H and O–H groups in total. The molecular weight excluding hydrogens is 607 g/mol. The zero-order chi connectivity index (χ0) is 33.0. The number of anilines is 3. The van der Waals surface area contributed by atoms with E-state index in [1.807, 2.05) is 6.07 Å². The van der Waals surface area contributed by atoms with Gasteiger partial charge in [-0.2, -0.15) is 0 Å². The number of fused-ring (bicyclic) bond motifs is 10.